The summed E-state index contributed by atoms with van der Waals surface area (Å²) >= 11 is 13.3. The lowest BCUT2D eigenvalue weighted by Gasteiger charge is -2.11. The van der Waals surface area contributed by atoms with Gasteiger partial charge in [-0.25, -0.2) is 0 Å². The Morgan fingerprint density at radius 3 is 2.39 bits per heavy atom. The second-order valence-corrected chi connectivity index (χ2v) is 7.63. The van der Waals surface area contributed by atoms with E-state index in [9.17, 15) is 14.4 Å². The zero-order valence-electron chi connectivity index (χ0n) is 14.4. The first-order valence-electron chi connectivity index (χ1n) is 8.04. The van der Waals surface area contributed by atoms with Crippen LogP contribution < -0.4 is 10.5 Å². The van der Waals surface area contributed by atoms with E-state index < -0.39 is 23.6 Å². The summed E-state index contributed by atoms with van der Waals surface area (Å²) in [5.74, 6) is -1.04. The van der Waals surface area contributed by atoms with Crippen molar-refractivity contribution in [2.45, 2.75) is 6.61 Å². The normalized spacial score (nSPS) is 15.4. The van der Waals surface area contributed by atoms with Crippen LogP contribution in [0.2, 0.25) is 10.0 Å². The summed E-state index contributed by atoms with van der Waals surface area (Å²) in [6.07, 6.45) is 1.48. The monoisotopic (exact) mass is 436 g/mol. The Balaban J connectivity index is 1.79. The van der Waals surface area contributed by atoms with E-state index in [1.807, 2.05) is 30.3 Å². The largest absolute Gasteiger partial charge is 0.486 e. The molecule has 2 N–H and O–H groups in total. The van der Waals surface area contributed by atoms with E-state index >= 15 is 0 Å². The molecule has 0 bridgehead atoms. The van der Waals surface area contributed by atoms with Crippen molar-refractivity contribution in [3.63, 3.8) is 0 Å². The molecule has 3 rings (SSSR count). The van der Waals surface area contributed by atoms with Gasteiger partial charge in [-0.15, -0.1) is 0 Å². The highest BCUT2D eigenvalue weighted by atomic mass is 35.5. The van der Waals surface area contributed by atoms with Crippen molar-refractivity contribution < 1.29 is 19.1 Å². The number of carbonyl (C=O) groups excluding carboxylic acids is 3. The molecule has 1 heterocycles. The molecule has 0 radical (unpaired) electrons. The molecule has 0 atom stereocenters. The van der Waals surface area contributed by atoms with E-state index in [1.54, 1.807) is 12.1 Å². The summed E-state index contributed by atoms with van der Waals surface area (Å²) in [6.45, 7) is -0.165. The number of benzene rings is 2. The minimum absolute atomic E-state index is 0.149. The van der Waals surface area contributed by atoms with Gasteiger partial charge in [0.2, 0.25) is 5.91 Å². The van der Waals surface area contributed by atoms with E-state index in [2.05, 4.69) is 0 Å². The maximum absolute atomic E-state index is 12.3. The summed E-state index contributed by atoms with van der Waals surface area (Å²) in [5.41, 5.74) is 6.54. The van der Waals surface area contributed by atoms with Crippen LogP contribution in [-0.4, -0.2) is 28.5 Å². The Morgan fingerprint density at radius 1 is 1.14 bits per heavy atom. The van der Waals surface area contributed by atoms with E-state index in [-0.39, 0.29) is 15.0 Å². The second kappa shape index (κ2) is 8.68. The predicted octanol–water partition coefficient (Wildman–Crippen LogP) is 4.09. The number of nitrogens with two attached hydrogens (primary N) is 1. The quantitative estimate of drug-likeness (QED) is 0.688. The minimum atomic E-state index is -0.769. The molecule has 28 heavy (non-hydrogen) atoms. The fourth-order valence-corrected chi connectivity index (χ4v) is 3.93. The fraction of sp³-hybridized carbons (Fsp3) is 0.105. The summed E-state index contributed by atoms with van der Waals surface area (Å²) in [6, 6.07) is 12.7. The van der Waals surface area contributed by atoms with E-state index in [1.165, 1.54) is 6.08 Å². The number of primary amides is 1. The van der Waals surface area contributed by atoms with Gasteiger partial charge in [0.05, 0.1) is 15.0 Å². The Hall–Kier alpha value is -2.48. The number of amides is 3. The molecule has 2 aromatic rings. The second-order valence-electron chi connectivity index (χ2n) is 5.82. The third-order valence-corrected chi connectivity index (χ3v) is 5.20. The van der Waals surface area contributed by atoms with Gasteiger partial charge in [-0.1, -0.05) is 53.5 Å². The van der Waals surface area contributed by atoms with E-state index in [0.717, 1.165) is 10.5 Å². The average molecular weight is 437 g/mol. The van der Waals surface area contributed by atoms with Crippen molar-refractivity contribution in [3.8, 4) is 5.75 Å². The molecule has 0 unspecified atom stereocenters. The van der Waals surface area contributed by atoms with Crippen molar-refractivity contribution >= 4 is 58.1 Å². The van der Waals surface area contributed by atoms with Gasteiger partial charge in [-0.2, -0.15) is 0 Å². The molecule has 0 saturated carbocycles. The van der Waals surface area contributed by atoms with Crippen molar-refractivity contribution in [2.75, 3.05) is 6.54 Å². The molecule has 3 amide bonds. The van der Waals surface area contributed by atoms with E-state index in [4.69, 9.17) is 33.7 Å². The van der Waals surface area contributed by atoms with Gasteiger partial charge in [-0.3, -0.25) is 19.3 Å². The minimum Gasteiger partial charge on any atom is -0.486 e. The number of ether oxygens (including phenoxy) is 1. The molecule has 1 aliphatic rings. The molecule has 144 valence electrons. The standard InChI is InChI=1S/C19H14Cl2N2O4S/c20-13-6-12(8-15-18(25)23(9-16(22)24)19(26)28-15)7-14(21)17(13)27-10-11-4-2-1-3-5-11/h1-8H,9-10H2,(H2,22,24)/b15-8-. The van der Waals surface area contributed by atoms with Crippen LogP contribution in [-0.2, 0) is 16.2 Å². The number of imide groups is 1. The van der Waals surface area contributed by atoms with Crippen LogP contribution in [0.15, 0.2) is 47.4 Å². The number of nitrogens with zero attached hydrogens (tertiary/aromatic N) is 1. The predicted molar refractivity (Wildman–Crippen MR) is 109 cm³/mol. The van der Waals surface area contributed by atoms with Gasteiger partial charge in [0.1, 0.15) is 13.2 Å². The lowest BCUT2D eigenvalue weighted by atomic mass is 10.2. The lowest BCUT2D eigenvalue weighted by molar-refractivity contribution is -0.127. The van der Waals surface area contributed by atoms with Crippen LogP contribution in [0.1, 0.15) is 11.1 Å². The Kier molecular flexibility index (Phi) is 6.28. The van der Waals surface area contributed by atoms with E-state index in [0.29, 0.717) is 29.7 Å². The molecule has 1 fully saturated rings. The molecular weight excluding hydrogens is 423 g/mol. The Labute approximate surface area is 175 Å². The number of thioether (sulfide) groups is 1. The summed E-state index contributed by atoms with van der Waals surface area (Å²) in [4.78, 5) is 36.1. The van der Waals surface area contributed by atoms with Gasteiger partial charge < -0.3 is 10.5 Å². The van der Waals surface area contributed by atoms with Crippen LogP contribution in [0.5, 0.6) is 5.75 Å². The first kappa shape index (κ1) is 20.3. The molecule has 0 aliphatic carbocycles. The van der Waals surface area contributed by atoms with Crippen LogP contribution in [0.25, 0.3) is 6.08 Å². The van der Waals surface area contributed by atoms with Crippen molar-refractivity contribution in [1.82, 2.24) is 4.90 Å². The maximum Gasteiger partial charge on any atom is 0.294 e. The fourth-order valence-electron chi connectivity index (χ4n) is 2.47. The van der Waals surface area contributed by atoms with Gasteiger partial charge in [0, 0.05) is 0 Å². The number of rotatable bonds is 6. The van der Waals surface area contributed by atoms with Crippen molar-refractivity contribution in [3.05, 3.63) is 68.5 Å². The van der Waals surface area contributed by atoms with Crippen LogP contribution >= 0.6 is 35.0 Å². The lowest BCUT2D eigenvalue weighted by Crippen LogP contribution is -2.36. The molecule has 1 saturated heterocycles. The SMILES string of the molecule is NC(=O)CN1C(=O)S/C(=C\c2cc(Cl)c(OCc3ccccc3)c(Cl)c2)C1=O. The smallest absolute Gasteiger partial charge is 0.294 e. The third-order valence-electron chi connectivity index (χ3n) is 3.73. The van der Waals surface area contributed by atoms with Gasteiger partial charge in [0.25, 0.3) is 11.1 Å². The highest BCUT2D eigenvalue weighted by molar-refractivity contribution is 8.18. The average Bonchev–Trinajstić information content (AvgIpc) is 2.89. The Morgan fingerprint density at radius 2 is 1.79 bits per heavy atom. The van der Waals surface area contributed by atoms with Gasteiger partial charge >= 0.3 is 0 Å². The molecule has 2 aromatic carbocycles. The molecule has 9 heteroatoms. The van der Waals surface area contributed by atoms with Gasteiger partial charge in [0.15, 0.2) is 5.75 Å². The molecule has 0 spiro atoms. The summed E-state index contributed by atoms with van der Waals surface area (Å²) in [7, 11) is 0. The highest BCUT2D eigenvalue weighted by Gasteiger charge is 2.35. The topological polar surface area (TPSA) is 89.7 Å². The highest BCUT2D eigenvalue weighted by Crippen LogP contribution is 2.37. The first-order valence-corrected chi connectivity index (χ1v) is 9.62. The molecule has 0 aromatic heterocycles. The van der Waals surface area contributed by atoms with Gasteiger partial charge in [-0.05, 0) is 41.1 Å². The van der Waals surface area contributed by atoms with Crippen molar-refractivity contribution in [1.29, 1.82) is 0 Å². The maximum atomic E-state index is 12.3. The number of halogens is 2. The Bertz CT molecular complexity index is 956. The summed E-state index contributed by atoms with van der Waals surface area (Å²) in [5, 5.41) is -0.0212. The van der Waals surface area contributed by atoms with Crippen molar-refractivity contribution in [2.24, 2.45) is 5.73 Å². The molecule has 1 aliphatic heterocycles. The van der Waals surface area contributed by atoms with Crippen LogP contribution in [0.4, 0.5) is 4.79 Å². The zero-order valence-corrected chi connectivity index (χ0v) is 16.7. The van der Waals surface area contributed by atoms with Crippen LogP contribution in [0, 0.1) is 0 Å². The third kappa shape index (κ3) is 4.67. The van der Waals surface area contributed by atoms with Crippen LogP contribution in [0.3, 0.4) is 0 Å². The number of hydrogen-bond acceptors (Lipinski definition) is 5. The molecular formula is C19H14Cl2N2O4S. The molecule has 6 nitrogen and oxygen atoms in total. The zero-order chi connectivity index (χ0) is 20.3. The number of hydrogen-bond donors (Lipinski definition) is 1. The number of carbonyl (C=O) groups is 3. The first-order chi connectivity index (χ1) is 13.3. The summed E-state index contributed by atoms with van der Waals surface area (Å²) < 4.78 is 5.71.